The molecule has 1 aromatic rings. The Morgan fingerprint density at radius 1 is 1.33 bits per heavy atom. The van der Waals surface area contributed by atoms with Gasteiger partial charge in [-0.25, -0.2) is 4.98 Å². The standard InChI is InChI=1S/C11H18N2O2/c1-10-8-11(15)13(9-12-10)6-4-2-3-5-7-14/h8-9,14H,2-7H2,1H3. The Morgan fingerprint density at radius 3 is 2.73 bits per heavy atom. The summed E-state index contributed by atoms with van der Waals surface area (Å²) in [4.78, 5) is 15.5. The molecule has 0 aliphatic carbocycles. The number of unbranched alkanes of at least 4 members (excludes halogenated alkanes) is 3. The summed E-state index contributed by atoms with van der Waals surface area (Å²) in [5, 5.41) is 8.59. The van der Waals surface area contributed by atoms with E-state index in [-0.39, 0.29) is 12.2 Å². The number of aliphatic hydroxyl groups excluding tert-OH is 1. The van der Waals surface area contributed by atoms with Gasteiger partial charge in [0.15, 0.2) is 0 Å². The largest absolute Gasteiger partial charge is 0.396 e. The molecule has 0 atom stereocenters. The minimum atomic E-state index is 0.0182. The van der Waals surface area contributed by atoms with Crippen LogP contribution < -0.4 is 5.56 Å². The number of aromatic nitrogens is 2. The van der Waals surface area contributed by atoms with Crippen LogP contribution in [0.2, 0.25) is 0 Å². The van der Waals surface area contributed by atoms with Crippen molar-refractivity contribution in [1.82, 2.24) is 9.55 Å². The Bertz CT molecular complexity index is 347. The first-order valence-electron chi connectivity index (χ1n) is 5.38. The molecule has 0 unspecified atom stereocenters. The molecule has 15 heavy (non-hydrogen) atoms. The number of hydrogen-bond acceptors (Lipinski definition) is 3. The summed E-state index contributed by atoms with van der Waals surface area (Å²) in [6, 6.07) is 1.55. The van der Waals surface area contributed by atoms with E-state index >= 15 is 0 Å². The van der Waals surface area contributed by atoms with Crippen LogP contribution in [0.25, 0.3) is 0 Å². The van der Waals surface area contributed by atoms with Crippen LogP contribution in [0.15, 0.2) is 17.2 Å². The summed E-state index contributed by atoms with van der Waals surface area (Å²) < 4.78 is 1.63. The van der Waals surface area contributed by atoms with Gasteiger partial charge in [-0.05, 0) is 19.8 Å². The van der Waals surface area contributed by atoms with Crippen LogP contribution in [-0.2, 0) is 6.54 Å². The van der Waals surface area contributed by atoms with Gasteiger partial charge in [-0.3, -0.25) is 9.36 Å². The minimum Gasteiger partial charge on any atom is -0.396 e. The first-order valence-corrected chi connectivity index (χ1v) is 5.38. The van der Waals surface area contributed by atoms with E-state index in [1.807, 2.05) is 6.92 Å². The van der Waals surface area contributed by atoms with Crippen LogP contribution in [0.4, 0.5) is 0 Å². The zero-order chi connectivity index (χ0) is 11.1. The van der Waals surface area contributed by atoms with Crippen LogP contribution in [0.1, 0.15) is 31.4 Å². The number of aliphatic hydroxyl groups is 1. The van der Waals surface area contributed by atoms with Crippen LogP contribution >= 0.6 is 0 Å². The molecule has 0 aliphatic rings. The molecule has 1 N–H and O–H groups in total. The molecular weight excluding hydrogens is 192 g/mol. The van der Waals surface area contributed by atoms with Crippen molar-refractivity contribution in [2.24, 2.45) is 0 Å². The average Bonchev–Trinajstić information content (AvgIpc) is 2.20. The lowest BCUT2D eigenvalue weighted by Crippen LogP contribution is -2.19. The lowest BCUT2D eigenvalue weighted by atomic mass is 10.2. The Balaban J connectivity index is 2.34. The van der Waals surface area contributed by atoms with E-state index in [0.29, 0.717) is 0 Å². The number of aryl methyl sites for hydroxylation is 2. The zero-order valence-corrected chi connectivity index (χ0v) is 9.15. The van der Waals surface area contributed by atoms with E-state index in [4.69, 9.17) is 5.11 Å². The Morgan fingerprint density at radius 2 is 2.07 bits per heavy atom. The second-order valence-electron chi connectivity index (χ2n) is 3.70. The lowest BCUT2D eigenvalue weighted by Gasteiger charge is -2.04. The maximum Gasteiger partial charge on any atom is 0.253 e. The normalized spacial score (nSPS) is 10.5. The maximum atomic E-state index is 11.4. The Labute approximate surface area is 89.6 Å². The summed E-state index contributed by atoms with van der Waals surface area (Å²) in [6.45, 7) is 2.79. The summed E-state index contributed by atoms with van der Waals surface area (Å²) in [5.74, 6) is 0. The fraction of sp³-hybridized carbons (Fsp3) is 0.636. The van der Waals surface area contributed by atoms with E-state index in [0.717, 1.165) is 37.9 Å². The molecule has 1 aromatic heterocycles. The van der Waals surface area contributed by atoms with E-state index in [2.05, 4.69) is 4.98 Å². The molecule has 0 amide bonds. The Kier molecular flexibility index (Phi) is 5.04. The van der Waals surface area contributed by atoms with E-state index in [1.54, 1.807) is 17.0 Å². The average molecular weight is 210 g/mol. The first kappa shape index (κ1) is 11.9. The maximum absolute atomic E-state index is 11.4. The topological polar surface area (TPSA) is 55.1 Å². The fourth-order valence-electron chi connectivity index (χ4n) is 1.43. The highest BCUT2D eigenvalue weighted by Gasteiger charge is 1.96. The molecule has 0 aromatic carbocycles. The van der Waals surface area contributed by atoms with Gasteiger partial charge in [0, 0.05) is 24.9 Å². The monoisotopic (exact) mass is 210 g/mol. The molecule has 0 fully saturated rings. The van der Waals surface area contributed by atoms with Gasteiger partial charge in [-0.1, -0.05) is 12.8 Å². The highest BCUT2D eigenvalue weighted by atomic mass is 16.2. The second kappa shape index (κ2) is 6.35. The van der Waals surface area contributed by atoms with Crippen molar-refractivity contribution in [3.63, 3.8) is 0 Å². The van der Waals surface area contributed by atoms with E-state index in [9.17, 15) is 4.79 Å². The van der Waals surface area contributed by atoms with Gasteiger partial charge in [0.2, 0.25) is 0 Å². The molecule has 0 saturated heterocycles. The fourth-order valence-corrected chi connectivity index (χ4v) is 1.43. The van der Waals surface area contributed by atoms with Crippen molar-refractivity contribution >= 4 is 0 Å². The molecule has 4 heteroatoms. The van der Waals surface area contributed by atoms with Crippen molar-refractivity contribution in [2.75, 3.05) is 6.61 Å². The predicted molar refractivity (Wildman–Crippen MR) is 58.8 cm³/mol. The molecule has 0 spiro atoms. The van der Waals surface area contributed by atoms with Gasteiger partial charge in [-0.15, -0.1) is 0 Å². The summed E-state index contributed by atoms with van der Waals surface area (Å²) in [6.07, 6.45) is 5.47. The number of hydrogen-bond donors (Lipinski definition) is 1. The highest BCUT2D eigenvalue weighted by molar-refractivity contribution is 4.95. The Hall–Kier alpha value is -1.16. The van der Waals surface area contributed by atoms with E-state index in [1.165, 1.54) is 0 Å². The molecule has 84 valence electrons. The lowest BCUT2D eigenvalue weighted by molar-refractivity contribution is 0.282. The van der Waals surface area contributed by atoms with Gasteiger partial charge in [-0.2, -0.15) is 0 Å². The van der Waals surface area contributed by atoms with E-state index < -0.39 is 0 Å². The minimum absolute atomic E-state index is 0.0182. The van der Waals surface area contributed by atoms with Gasteiger partial charge < -0.3 is 5.11 Å². The van der Waals surface area contributed by atoms with Gasteiger partial charge in [0.05, 0.1) is 6.33 Å². The van der Waals surface area contributed by atoms with Crippen LogP contribution in [-0.4, -0.2) is 21.3 Å². The molecular formula is C11H18N2O2. The van der Waals surface area contributed by atoms with Gasteiger partial charge in [0.1, 0.15) is 0 Å². The molecule has 1 rings (SSSR count). The van der Waals surface area contributed by atoms with Crippen molar-refractivity contribution in [2.45, 2.75) is 39.2 Å². The summed E-state index contributed by atoms with van der Waals surface area (Å²) in [7, 11) is 0. The van der Waals surface area contributed by atoms with Crippen molar-refractivity contribution in [3.8, 4) is 0 Å². The number of nitrogens with zero attached hydrogens (tertiary/aromatic N) is 2. The van der Waals surface area contributed by atoms with Gasteiger partial charge in [0.25, 0.3) is 5.56 Å². The van der Waals surface area contributed by atoms with Crippen LogP contribution in [0.5, 0.6) is 0 Å². The molecule has 0 bridgehead atoms. The highest BCUT2D eigenvalue weighted by Crippen LogP contribution is 2.00. The SMILES string of the molecule is Cc1cc(=O)n(CCCCCCO)cn1. The molecule has 0 saturated carbocycles. The molecule has 1 heterocycles. The molecule has 0 radical (unpaired) electrons. The summed E-state index contributed by atoms with van der Waals surface area (Å²) >= 11 is 0. The smallest absolute Gasteiger partial charge is 0.253 e. The quantitative estimate of drug-likeness (QED) is 0.715. The first-order chi connectivity index (χ1) is 7.24. The molecule has 4 nitrogen and oxygen atoms in total. The summed E-state index contributed by atoms with van der Waals surface area (Å²) in [5.41, 5.74) is 0.779. The predicted octanol–water partition coefficient (Wildman–Crippen LogP) is 1.10. The van der Waals surface area contributed by atoms with Crippen molar-refractivity contribution in [1.29, 1.82) is 0 Å². The third kappa shape index (κ3) is 4.25. The third-order valence-electron chi connectivity index (χ3n) is 2.32. The zero-order valence-electron chi connectivity index (χ0n) is 9.15. The van der Waals surface area contributed by atoms with Crippen LogP contribution in [0.3, 0.4) is 0 Å². The number of rotatable bonds is 6. The molecule has 0 aliphatic heterocycles. The third-order valence-corrected chi connectivity index (χ3v) is 2.32. The second-order valence-corrected chi connectivity index (χ2v) is 3.70. The van der Waals surface area contributed by atoms with Crippen molar-refractivity contribution < 1.29 is 5.11 Å². The van der Waals surface area contributed by atoms with Crippen molar-refractivity contribution in [3.05, 3.63) is 28.4 Å². The van der Waals surface area contributed by atoms with Gasteiger partial charge >= 0.3 is 0 Å². The van der Waals surface area contributed by atoms with Crippen LogP contribution in [0, 0.1) is 6.92 Å².